The number of rotatable bonds is 3. The molecule has 0 spiro atoms. The molecular weight excluding hydrogens is 387 g/mol. The molecule has 0 aliphatic carbocycles. The Morgan fingerprint density at radius 2 is 2.00 bits per heavy atom. The van der Waals surface area contributed by atoms with Crippen LogP contribution in [0.15, 0.2) is 41.0 Å². The van der Waals surface area contributed by atoms with Gasteiger partial charge in [0.05, 0.1) is 23.0 Å². The van der Waals surface area contributed by atoms with E-state index in [2.05, 4.69) is 4.98 Å². The summed E-state index contributed by atoms with van der Waals surface area (Å²) < 4.78 is 38.0. The van der Waals surface area contributed by atoms with Gasteiger partial charge >= 0.3 is 12.1 Å². The summed E-state index contributed by atoms with van der Waals surface area (Å²) in [4.78, 5) is 27.1. The van der Waals surface area contributed by atoms with Crippen LogP contribution in [0.5, 0.6) is 0 Å². The number of carboxylic acid groups (broad SMARTS) is 1. The second-order valence-electron chi connectivity index (χ2n) is 5.28. The fraction of sp³-hybridized carbons (Fsp3) is 0.188. The Kier molecular flexibility index (Phi) is 6.05. The highest BCUT2D eigenvalue weighted by atomic mass is 32.1. The number of aliphatic carboxylic acids is 1. The Balaban J connectivity index is 0.000000321. The number of nitrogens with zero attached hydrogens (tertiary/aromatic N) is 2. The Bertz CT molecular complexity index is 938. The highest BCUT2D eigenvalue weighted by Gasteiger charge is 2.38. The summed E-state index contributed by atoms with van der Waals surface area (Å²) in [6, 6.07) is 9.08. The normalized spacial score (nSPS) is 11.0. The van der Waals surface area contributed by atoms with E-state index in [0.29, 0.717) is 17.2 Å². The minimum Gasteiger partial charge on any atom is -0.475 e. The van der Waals surface area contributed by atoms with E-state index in [1.807, 2.05) is 12.1 Å². The number of hydrogen-bond acceptors (Lipinski definition) is 6. The van der Waals surface area contributed by atoms with E-state index < -0.39 is 12.1 Å². The van der Waals surface area contributed by atoms with Gasteiger partial charge in [-0.3, -0.25) is 4.79 Å². The molecule has 0 atom stereocenters. The number of carbonyl (C=O) groups excluding carboxylic acids is 1. The zero-order valence-electron chi connectivity index (χ0n) is 13.9. The molecular formula is C16H14F3N3O4S. The number of benzene rings is 1. The van der Waals surface area contributed by atoms with Gasteiger partial charge < -0.3 is 20.2 Å². The van der Waals surface area contributed by atoms with Crippen molar-refractivity contribution in [3.8, 4) is 0 Å². The Morgan fingerprint density at radius 3 is 2.56 bits per heavy atom. The number of fused-ring (bicyclic) bond motifs is 1. The molecule has 3 N–H and O–H groups in total. The number of amides is 1. The van der Waals surface area contributed by atoms with Crippen LogP contribution >= 0.6 is 11.3 Å². The van der Waals surface area contributed by atoms with Crippen molar-refractivity contribution < 1.29 is 32.3 Å². The number of alkyl halides is 3. The molecule has 0 bridgehead atoms. The maximum atomic E-state index is 12.4. The number of aromatic nitrogens is 1. The summed E-state index contributed by atoms with van der Waals surface area (Å²) in [5.74, 6) is -2.08. The predicted molar refractivity (Wildman–Crippen MR) is 92.2 cm³/mol. The van der Waals surface area contributed by atoms with E-state index in [4.69, 9.17) is 20.1 Å². The van der Waals surface area contributed by atoms with Gasteiger partial charge in [-0.25, -0.2) is 9.78 Å². The number of furan rings is 1. The topological polar surface area (TPSA) is 110 Å². The first-order chi connectivity index (χ1) is 12.6. The van der Waals surface area contributed by atoms with Crippen LogP contribution in [-0.4, -0.2) is 40.1 Å². The van der Waals surface area contributed by atoms with E-state index >= 15 is 0 Å². The van der Waals surface area contributed by atoms with Crippen LogP contribution in [0.2, 0.25) is 0 Å². The highest BCUT2D eigenvalue weighted by Crippen LogP contribution is 2.25. The minimum absolute atomic E-state index is 0.0742. The molecule has 3 rings (SSSR count). The van der Waals surface area contributed by atoms with Crippen molar-refractivity contribution in [2.24, 2.45) is 0 Å². The number of hydrogen-bond donors (Lipinski definition) is 2. The molecule has 144 valence electrons. The summed E-state index contributed by atoms with van der Waals surface area (Å²) in [6.45, 7) is 0.434. The molecule has 1 amide bonds. The van der Waals surface area contributed by atoms with E-state index in [-0.39, 0.29) is 5.91 Å². The van der Waals surface area contributed by atoms with Crippen LogP contribution in [0.1, 0.15) is 16.1 Å². The predicted octanol–water partition coefficient (Wildman–Crippen LogP) is 3.38. The fourth-order valence-electron chi connectivity index (χ4n) is 2.01. The molecule has 11 heteroatoms. The fourth-order valence-corrected chi connectivity index (χ4v) is 2.72. The third-order valence-corrected chi connectivity index (χ3v) is 4.08. The lowest BCUT2D eigenvalue weighted by molar-refractivity contribution is -0.192. The number of anilines is 1. The largest absolute Gasteiger partial charge is 0.490 e. The number of halogens is 3. The molecule has 0 saturated heterocycles. The van der Waals surface area contributed by atoms with Crippen molar-refractivity contribution >= 4 is 38.6 Å². The first kappa shape index (κ1) is 20.2. The van der Waals surface area contributed by atoms with Gasteiger partial charge in [0.1, 0.15) is 5.76 Å². The SMILES string of the molecule is CN(Cc1ccco1)C(=O)c1ccc2sc(N)nc2c1.O=C(O)C(F)(F)F. The van der Waals surface area contributed by atoms with Crippen molar-refractivity contribution in [1.82, 2.24) is 9.88 Å². The van der Waals surface area contributed by atoms with E-state index in [9.17, 15) is 18.0 Å². The van der Waals surface area contributed by atoms with Gasteiger partial charge in [-0.15, -0.1) is 0 Å². The van der Waals surface area contributed by atoms with E-state index in [1.165, 1.54) is 11.3 Å². The Labute approximate surface area is 154 Å². The Morgan fingerprint density at radius 1 is 1.33 bits per heavy atom. The van der Waals surface area contributed by atoms with Gasteiger partial charge in [-0.05, 0) is 30.3 Å². The van der Waals surface area contributed by atoms with Crippen LogP contribution in [0.3, 0.4) is 0 Å². The van der Waals surface area contributed by atoms with E-state index in [1.54, 1.807) is 36.4 Å². The van der Waals surface area contributed by atoms with Gasteiger partial charge in [0.2, 0.25) is 0 Å². The molecule has 0 radical (unpaired) electrons. The molecule has 27 heavy (non-hydrogen) atoms. The third-order valence-electron chi connectivity index (χ3n) is 3.21. The zero-order chi connectivity index (χ0) is 20.2. The first-order valence-corrected chi connectivity index (χ1v) is 8.13. The molecule has 0 fully saturated rings. The summed E-state index contributed by atoms with van der Waals surface area (Å²) in [5, 5.41) is 7.63. The number of carboxylic acids is 1. The van der Waals surface area contributed by atoms with Crippen LogP contribution in [0, 0.1) is 0 Å². The number of nitrogens with two attached hydrogens (primary N) is 1. The lowest BCUT2D eigenvalue weighted by Crippen LogP contribution is -2.25. The summed E-state index contributed by atoms with van der Waals surface area (Å²) >= 11 is 1.41. The van der Waals surface area contributed by atoms with Crippen molar-refractivity contribution in [2.45, 2.75) is 12.7 Å². The summed E-state index contributed by atoms with van der Waals surface area (Å²) in [7, 11) is 1.74. The van der Waals surface area contributed by atoms with Crippen LogP contribution in [-0.2, 0) is 11.3 Å². The van der Waals surface area contributed by atoms with Crippen LogP contribution < -0.4 is 5.73 Å². The molecule has 7 nitrogen and oxygen atoms in total. The maximum Gasteiger partial charge on any atom is 0.490 e. The van der Waals surface area contributed by atoms with E-state index in [0.717, 1.165) is 16.0 Å². The van der Waals surface area contributed by atoms with Gasteiger partial charge in [0, 0.05) is 12.6 Å². The maximum absolute atomic E-state index is 12.4. The molecule has 0 unspecified atom stereocenters. The van der Waals surface area contributed by atoms with Crippen molar-refractivity contribution in [3.05, 3.63) is 47.9 Å². The average Bonchev–Trinajstić information content (AvgIpc) is 3.21. The quantitative estimate of drug-likeness (QED) is 0.696. The van der Waals surface area contributed by atoms with Gasteiger partial charge in [-0.2, -0.15) is 13.2 Å². The molecule has 2 aromatic heterocycles. The molecule has 0 aliphatic heterocycles. The molecule has 1 aromatic carbocycles. The molecule has 0 saturated carbocycles. The monoisotopic (exact) mass is 401 g/mol. The van der Waals surface area contributed by atoms with Gasteiger partial charge in [-0.1, -0.05) is 11.3 Å². The zero-order valence-corrected chi connectivity index (χ0v) is 14.7. The van der Waals surface area contributed by atoms with Crippen molar-refractivity contribution in [2.75, 3.05) is 12.8 Å². The Hall–Kier alpha value is -3.08. The van der Waals surface area contributed by atoms with Crippen LogP contribution in [0.25, 0.3) is 10.2 Å². The standard InChI is InChI=1S/C14H13N3O2S.C2HF3O2/c1-17(8-10-3-2-6-19-10)13(18)9-4-5-12-11(7-9)16-14(15)20-12;3-2(4,5)1(6)7/h2-7H,8H2,1H3,(H2,15,16);(H,6,7). The minimum atomic E-state index is -5.08. The second-order valence-corrected chi connectivity index (χ2v) is 6.34. The number of nitrogen functional groups attached to an aromatic ring is 1. The van der Waals surface area contributed by atoms with Gasteiger partial charge in [0.15, 0.2) is 5.13 Å². The number of thiazole rings is 1. The molecule has 0 aliphatic rings. The lowest BCUT2D eigenvalue weighted by Gasteiger charge is -2.15. The van der Waals surface area contributed by atoms with Crippen LogP contribution in [0.4, 0.5) is 18.3 Å². The summed E-state index contributed by atoms with van der Waals surface area (Å²) in [5.41, 5.74) is 7.02. The third kappa shape index (κ3) is 5.45. The first-order valence-electron chi connectivity index (χ1n) is 7.32. The summed E-state index contributed by atoms with van der Waals surface area (Å²) in [6.07, 6.45) is -3.49. The molecule has 2 heterocycles. The second kappa shape index (κ2) is 8.08. The van der Waals surface area contributed by atoms with Gasteiger partial charge in [0.25, 0.3) is 5.91 Å². The van der Waals surface area contributed by atoms with Crippen molar-refractivity contribution in [3.63, 3.8) is 0 Å². The number of carbonyl (C=O) groups is 2. The molecule has 3 aromatic rings. The highest BCUT2D eigenvalue weighted by molar-refractivity contribution is 7.22. The lowest BCUT2D eigenvalue weighted by atomic mass is 10.2. The average molecular weight is 401 g/mol. The van der Waals surface area contributed by atoms with Crippen molar-refractivity contribution in [1.29, 1.82) is 0 Å². The smallest absolute Gasteiger partial charge is 0.475 e.